The van der Waals surface area contributed by atoms with Crippen molar-refractivity contribution in [3.05, 3.63) is 59.2 Å². The van der Waals surface area contributed by atoms with Crippen LogP contribution in [0.3, 0.4) is 0 Å². The number of ether oxygens (including phenoxy) is 1. The summed E-state index contributed by atoms with van der Waals surface area (Å²) in [5.74, 6) is 4.15. The summed E-state index contributed by atoms with van der Waals surface area (Å²) in [6.07, 6.45) is 4.16. The molecule has 3 atom stereocenters. The Kier molecular flexibility index (Phi) is 8.65. The smallest absolute Gasteiger partial charge is 0.384 e. The van der Waals surface area contributed by atoms with Gasteiger partial charge in [-0.2, -0.15) is 12.7 Å². The average Bonchev–Trinajstić information content (AvgIpc) is 2.85. The molecule has 0 heterocycles. The number of hydrogen-bond acceptors (Lipinski definition) is 6. The molecule has 0 aliphatic heterocycles. The predicted octanol–water partition coefficient (Wildman–Crippen LogP) is 4.32. The minimum atomic E-state index is -3.84. The normalized spacial score (nSPS) is 24.8. The second-order valence-electron chi connectivity index (χ2n) is 11.0. The molecule has 0 unspecified atom stereocenters. The fourth-order valence-corrected chi connectivity index (χ4v) is 6.66. The van der Waals surface area contributed by atoms with Crippen LogP contribution in [0.5, 0.6) is 11.5 Å². The minimum Gasteiger partial charge on any atom is -0.494 e. The van der Waals surface area contributed by atoms with Gasteiger partial charge in [-0.1, -0.05) is 24.1 Å². The number of hydrogen-bond donors (Lipinski definition) is 1. The van der Waals surface area contributed by atoms with E-state index in [2.05, 4.69) is 28.3 Å². The van der Waals surface area contributed by atoms with Crippen molar-refractivity contribution in [2.75, 3.05) is 34.8 Å². The molecule has 206 valence electrons. The highest BCUT2D eigenvalue weighted by molar-refractivity contribution is 7.84. The third-order valence-electron chi connectivity index (χ3n) is 7.89. The summed E-state index contributed by atoms with van der Waals surface area (Å²) < 4.78 is 37.1. The quantitative estimate of drug-likeness (QED) is 0.460. The Morgan fingerprint density at radius 1 is 1.08 bits per heavy atom. The molecule has 4 rings (SSSR count). The molecular formula is C29H37ClN2O5S. The van der Waals surface area contributed by atoms with E-state index in [1.165, 1.54) is 25.2 Å². The number of fused-ring (bicyclic) bond motifs is 3. The van der Waals surface area contributed by atoms with Gasteiger partial charge in [-0.3, -0.25) is 0 Å². The summed E-state index contributed by atoms with van der Waals surface area (Å²) in [5, 5.41) is 13.5. The fraction of sp³-hybridized carbons (Fsp3) is 0.517. The maximum atomic E-state index is 12.3. The molecule has 2 aromatic rings. The summed E-state index contributed by atoms with van der Waals surface area (Å²) in [6, 6.07) is 13.8. The van der Waals surface area contributed by atoms with Crippen LogP contribution in [0.2, 0.25) is 0 Å². The monoisotopic (exact) mass is 560 g/mol. The largest absolute Gasteiger partial charge is 0.494 e. The molecule has 1 saturated carbocycles. The molecule has 0 spiro atoms. The summed E-state index contributed by atoms with van der Waals surface area (Å²) in [6.45, 7) is 1.40. The molecule has 1 N–H and O–H groups in total. The summed E-state index contributed by atoms with van der Waals surface area (Å²) >= 11 is 5.69. The molecule has 7 nitrogen and oxygen atoms in total. The van der Waals surface area contributed by atoms with E-state index in [0.29, 0.717) is 25.2 Å². The highest BCUT2D eigenvalue weighted by Crippen LogP contribution is 2.54. The van der Waals surface area contributed by atoms with E-state index >= 15 is 0 Å². The molecule has 38 heavy (non-hydrogen) atoms. The Morgan fingerprint density at radius 2 is 1.79 bits per heavy atom. The van der Waals surface area contributed by atoms with Crippen molar-refractivity contribution in [2.24, 2.45) is 5.92 Å². The van der Waals surface area contributed by atoms with Crippen LogP contribution in [0.1, 0.15) is 48.8 Å². The van der Waals surface area contributed by atoms with Gasteiger partial charge in [-0.15, -0.1) is 0 Å². The molecule has 1 fully saturated rings. The SMILES string of the molecule is CN(C)Cc1ccc(OCC[C@@]23CC[C@](O)(C#CCl)C[C@H]2CCc2cc(OS(=O)(=O)N(C)C)ccc23)cc1. The number of rotatable bonds is 9. The van der Waals surface area contributed by atoms with Crippen LogP contribution >= 0.6 is 11.6 Å². The van der Waals surface area contributed by atoms with E-state index in [-0.39, 0.29) is 11.3 Å². The van der Waals surface area contributed by atoms with Crippen LogP contribution in [-0.2, 0) is 28.7 Å². The lowest BCUT2D eigenvalue weighted by atomic mass is 9.53. The lowest BCUT2D eigenvalue weighted by molar-refractivity contribution is -0.0142. The van der Waals surface area contributed by atoms with Gasteiger partial charge in [0.25, 0.3) is 0 Å². The van der Waals surface area contributed by atoms with Gasteiger partial charge in [0.1, 0.15) is 17.1 Å². The summed E-state index contributed by atoms with van der Waals surface area (Å²) in [4.78, 5) is 2.13. The van der Waals surface area contributed by atoms with Crippen LogP contribution in [-0.4, -0.2) is 63.1 Å². The number of aryl methyl sites for hydroxylation is 1. The fourth-order valence-electron chi connectivity index (χ4n) is 5.98. The number of halogens is 1. The van der Waals surface area contributed by atoms with Crippen LogP contribution in [0.4, 0.5) is 0 Å². The maximum Gasteiger partial charge on any atom is 0.384 e. The zero-order chi connectivity index (χ0) is 27.6. The molecule has 2 aliphatic carbocycles. The van der Waals surface area contributed by atoms with Gasteiger partial charge < -0.3 is 18.9 Å². The van der Waals surface area contributed by atoms with E-state index < -0.39 is 15.9 Å². The van der Waals surface area contributed by atoms with Crippen LogP contribution in [0, 0.1) is 17.2 Å². The highest BCUT2D eigenvalue weighted by atomic mass is 35.5. The van der Waals surface area contributed by atoms with Gasteiger partial charge in [0.2, 0.25) is 0 Å². The Balaban J connectivity index is 1.58. The molecule has 0 radical (unpaired) electrons. The van der Waals surface area contributed by atoms with Crippen molar-refractivity contribution in [1.29, 1.82) is 0 Å². The Hall–Kier alpha value is -2.28. The van der Waals surface area contributed by atoms with Gasteiger partial charge in [-0.25, -0.2) is 0 Å². The first-order valence-electron chi connectivity index (χ1n) is 12.9. The average molecular weight is 561 g/mol. The lowest BCUT2D eigenvalue weighted by Gasteiger charge is -2.52. The molecular weight excluding hydrogens is 524 g/mol. The molecule has 2 aliphatic rings. The van der Waals surface area contributed by atoms with E-state index in [1.807, 2.05) is 38.4 Å². The molecule has 9 heteroatoms. The van der Waals surface area contributed by atoms with E-state index in [4.69, 9.17) is 20.5 Å². The Bertz CT molecular complexity index is 1300. The zero-order valence-corrected chi connectivity index (χ0v) is 24.1. The van der Waals surface area contributed by atoms with Crippen LogP contribution < -0.4 is 8.92 Å². The van der Waals surface area contributed by atoms with Gasteiger partial charge in [0.05, 0.1) is 6.61 Å². The highest BCUT2D eigenvalue weighted by Gasteiger charge is 2.51. The number of aliphatic hydroxyl groups is 1. The zero-order valence-electron chi connectivity index (χ0n) is 22.5. The summed E-state index contributed by atoms with van der Waals surface area (Å²) in [5.41, 5.74) is 2.16. The molecule has 0 aromatic heterocycles. The van der Waals surface area contributed by atoms with E-state index in [9.17, 15) is 13.5 Å². The van der Waals surface area contributed by atoms with Crippen LogP contribution in [0.15, 0.2) is 42.5 Å². The van der Waals surface area contributed by atoms with E-state index in [1.54, 1.807) is 6.07 Å². The standard InChI is InChI=1S/C29H37ClN2O5S/c1-31(2)21-22-5-9-25(10-6-22)36-18-16-29-14-13-28(33,15-17-30)20-24(29)8-7-23-19-26(11-12-27(23)29)37-38(34,35)32(3)4/h5-6,9-12,19,24,33H,7-8,13-14,16,18,20-21H2,1-4H3/t24-,28+,29+/m1/s1. The number of benzene rings is 2. The van der Waals surface area contributed by atoms with Gasteiger partial charge in [-0.05, 0) is 111 Å². The Labute approximate surface area is 231 Å². The van der Waals surface area contributed by atoms with Crippen molar-refractivity contribution < 1.29 is 22.4 Å². The van der Waals surface area contributed by atoms with Gasteiger partial charge in [0, 0.05) is 31.4 Å². The van der Waals surface area contributed by atoms with Crippen molar-refractivity contribution in [3.63, 3.8) is 0 Å². The first-order valence-corrected chi connectivity index (χ1v) is 14.7. The molecule has 2 aromatic carbocycles. The lowest BCUT2D eigenvalue weighted by Crippen LogP contribution is -2.50. The van der Waals surface area contributed by atoms with Crippen LogP contribution in [0.25, 0.3) is 0 Å². The maximum absolute atomic E-state index is 12.3. The minimum absolute atomic E-state index is 0.189. The van der Waals surface area contributed by atoms with Crippen molar-refractivity contribution in [3.8, 4) is 22.8 Å². The van der Waals surface area contributed by atoms with E-state index in [0.717, 1.165) is 47.8 Å². The topological polar surface area (TPSA) is 79.3 Å². The van der Waals surface area contributed by atoms with Crippen molar-refractivity contribution in [2.45, 2.75) is 56.1 Å². The second kappa shape index (κ2) is 11.4. The van der Waals surface area contributed by atoms with Crippen molar-refractivity contribution in [1.82, 2.24) is 9.21 Å². The molecule has 0 amide bonds. The molecule has 0 bridgehead atoms. The predicted molar refractivity (Wildman–Crippen MR) is 150 cm³/mol. The number of nitrogens with zero attached hydrogens (tertiary/aromatic N) is 2. The first kappa shape index (κ1) is 28.7. The third-order valence-corrected chi connectivity index (χ3v) is 9.29. The first-order chi connectivity index (χ1) is 18.0. The van der Waals surface area contributed by atoms with Gasteiger partial charge >= 0.3 is 10.3 Å². The Morgan fingerprint density at radius 3 is 2.45 bits per heavy atom. The van der Waals surface area contributed by atoms with Crippen molar-refractivity contribution >= 4 is 21.9 Å². The summed E-state index contributed by atoms with van der Waals surface area (Å²) in [7, 11) is 3.13. The second-order valence-corrected chi connectivity index (χ2v) is 12.9. The van der Waals surface area contributed by atoms with Gasteiger partial charge in [0.15, 0.2) is 0 Å². The molecule has 0 saturated heterocycles. The third kappa shape index (κ3) is 6.30.